The Labute approximate surface area is 119 Å². The molecular weight excluding hydrogens is 274 g/mol. The molecule has 7 nitrogen and oxygen atoms in total. The van der Waals surface area contributed by atoms with Crippen molar-refractivity contribution in [3.63, 3.8) is 0 Å². The fourth-order valence-corrected chi connectivity index (χ4v) is 1.69. The smallest absolute Gasteiger partial charge is 0.352 e. The third-order valence-electron chi connectivity index (χ3n) is 2.73. The molecule has 0 aliphatic heterocycles. The number of carboxylic acids is 2. The van der Waals surface area contributed by atoms with Crippen LogP contribution in [-0.4, -0.2) is 32.8 Å². The molecule has 0 amide bonds. The van der Waals surface area contributed by atoms with Crippen LogP contribution in [0.15, 0.2) is 41.5 Å². The Morgan fingerprint density at radius 1 is 1.10 bits per heavy atom. The molecular formula is C14H13N3O4. The summed E-state index contributed by atoms with van der Waals surface area (Å²) in [4.78, 5) is 25.7. The standard InChI is InChI=1S/C14H13N3O4/c18-13(19)8-6-11(14(20)21)16-17-12-7-5-9-3-1-2-4-10(9)15-12/h1-5,7H,6,8H2,(H,15,17)(H,18,19)(H,20,21)/b16-11-. The summed E-state index contributed by atoms with van der Waals surface area (Å²) >= 11 is 0. The predicted octanol–water partition coefficient (Wildman–Crippen LogP) is 1.95. The van der Waals surface area contributed by atoms with Crippen LogP contribution in [0.5, 0.6) is 0 Å². The second kappa shape index (κ2) is 6.47. The van der Waals surface area contributed by atoms with E-state index in [0.717, 1.165) is 10.9 Å². The number of carboxylic acid groups (broad SMARTS) is 2. The van der Waals surface area contributed by atoms with Crippen molar-refractivity contribution in [1.82, 2.24) is 4.98 Å². The minimum absolute atomic E-state index is 0.161. The lowest BCUT2D eigenvalue weighted by molar-refractivity contribution is -0.136. The number of rotatable bonds is 6. The molecule has 0 fully saturated rings. The number of pyridine rings is 1. The zero-order valence-corrected chi connectivity index (χ0v) is 11.0. The summed E-state index contributed by atoms with van der Waals surface area (Å²) in [5.74, 6) is -1.94. The summed E-state index contributed by atoms with van der Waals surface area (Å²) in [6.45, 7) is 0. The summed E-state index contributed by atoms with van der Waals surface area (Å²) in [5.41, 5.74) is 3.04. The van der Waals surface area contributed by atoms with Crippen molar-refractivity contribution in [1.29, 1.82) is 0 Å². The van der Waals surface area contributed by atoms with Crippen LogP contribution in [0.2, 0.25) is 0 Å². The van der Waals surface area contributed by atoms with Gasteiger partial charge in [0.15, 0.2) is 0 Å². The average Bonchev–Trinajstić information content (AvgIpc) is 2.46. The van der Waals surface area contributed by atoms with Crippen LogP contribution in [0.25, 0.3) is 10.9 Å². The monoisotopic (exact) mass is 287 g/mol. The number of aromatic nitrogens is 1. The van der Waals surface area contributed by atoms with Gasteiger partial charge < -0.3 is 10.2 Å². The number of hydrazone groups is 1. The quantitative estimate of drug-likeness (QED) is 0.553. The Kier molecular flexibility index (Phi) is 4.45. The molecule has 0 unspecified atom stereocenters. The van der Waals surface area contributed by atoms with Crippen LogP contribution in [0.1, 0.15) is 12.8 Å². The number of nitrogens with one attached hydrogen (secondary N) is 1. The first kappa shape index (κ1) is 14.4. The normalized spacial score (nSPS) is 11.3. The molecule has 0 spiro atoms. The summed E-state index contributed by atoms with van der Waals surface area (Å²) in [7, 11) is 0. The molecule has 0 saturated carbocycles. The largest absolute Gasteiger partial charge is 0.481 e. The lowest BCUT2D eigenvalue weighted by Crippen LogP contribution is -2.16. The molecule has 0 atom stereocenters. The van der Waals surface area contributed by atoms with E-state index < -0.39 is 11.9 Å². The average molecular weight is 287 g/mol. The highest BCUT2D eigenvalue weighted by Gasteiger charge is 2.11. The van der Waals surface area contributed by atoms with Gasteiger partial charge in [0, 0.05) is 11.8 Å². The highest BCUT2D eigenvalue weighted by Crippen LogP contribution is 2.14. The summed E-state index contributed by atoms with van der Waals surface area (Å²) < 4.78 is 0. The molecule has 21 heavy (non-hydrogen) atoms. The fourth-order valence-electron chi connectivity index (χ4n) is 1.69. The van der Waals surface area contributed by atoms with E-state index in [4.69, 9.17) is 10.2 Å². The number of hydrogen-bond acceptors (Lipinski definition) is 5. The SMILES string of the molecule is O=C(O)CC/C(=N/Nc1ccc2ccccc2n1)C(=O)O. The van der Waals surface area contributed by atoms with Gasteiger partial charge in [0.1, 0.15) is 11.5 Å². The van der Waals surface area contributed by atoms with Crippen LogP contribution < -0.4 is 5.43 Å². The van der Waals surface area contributed by atoms with Gasteiger partial charge in [-0.2, -0.15) is 5.10 Å². The zero-order chi connectivity index (χ0) is 15.2. The number of fused-ring (bicyclic) bond motifs is 1. The van der Waals surface area contributed by atoms with Gasteiger partial charge in [-0.1, -0.05) is 18.2 Å². The van der Waals surface area contributed by atoms with Crippen molar-refractivity contribution in [2.24, 2.45) is 5.10 Å². The van der Waals surface area contributed by atoms with Gasteiger partial charge in [0.05, 0.1) is 11.9 Å². The fraction of sp³-hybridized carbons (Fsp3) is 0.143. The second-order valence-electron chi connectivity index (χ2n) is 4.26. The van der Waals surface area contributed by atoms with Crippen LogP contribution >= 0.6 is 0 Å². The molecule has 7 heteroatoms. The Bertz CT molecular complexity index is 712. The highest BCUT2D eigenvalue weighted by molar-refractivity contribution is 6.35. The Morgan fingerprint density at radius 3 is 2.57 bits per heavy atom. The molecule has 3 N–H and O–H groups in total. The first-order valence-electron chi connectivity index (χ1n) is 6.20. The minimum atomic E-state index is -1.26. The van der Waals surface area contributed by atoms with Gasteiger partial charge in [-0.05, 0) is 18.2 Å². The van der Waals surface area contributed by atoms with Gasteiger partial charge in [-0.3, -0.25) is 10.2 Å². The van der Waals surface area contributed by atoms with E-state index in [1.165, 1.54) is 0 Å². The molecule has 0 aliphatic carbocycles. The maximum atomic E-state index is 11.0. The molecule has 0 saturated heterocycles. The first-order valence-corrected chi connectivity index (χ1v) is 6.20. The van der Waals surface area contributed by atoms with E-state index in [1.807, 2.05) is 30.3 Å². The second-order valence-corrected chi connectivity index (χ2v) is 4.26. The predicted molar refractivity (Wildman–Crippen MR) is 77.3 cm³/mol. The van der Waals surface area contributed by atoms with Crippen molar-refractivity contribution in [2.75, 3.05) is 5.43 Å². The molecule has 0 radical (unpaired) electrons. The number of benzene rings is 1. The molecule has 2 aromatic rings. The van der Waals surface area contributed by atoms with E-state index >= 15 is 0 Å². The van der Waals surface area contributed by atoms with E-state index in [0.29, 0.717) is 5.82 Å². The minimum Gasteiger partial charge on any atom is -0.481 e. The molecule has 1 aromatic carbocycles. The number of para-hydroxylation sites is 1. The van der Waals surface area contributed by atoms with Crippen molar-refractivity contribution in [2.45, 2.75) is 12.8 Å². The highest BCUT2D eigenvalue weighted by atomic mass is 16.4. The topological polar surface area (TPSA) is 112 Å². The number of carbonyl (C=O) groups is 2. The van der Waals surface area contributed by atoms with E-state index in [1.54, 1.807) is 6.07 Å². The number of nitrogens with zero attached hydrogens (tertiary/aromatic N) is 2. The lowest BCUT2D eigenvalue weighted by atomic mass is 10.2. The van der Waals surface area contributed by atoms with E-state index in [-0.39, 0.29) is 18.6 Å². The van der Waals surface area contributed by atoms with Crippen LogP contribution in [-0.2, 0) is 9.59 Å². The Hall–Kier alpha value is -2.96. The maximum Gasteiger partial charge on any atom is 0.352 e. The third kappa shape index (κ3) is 4.00. The number of hydrogen-bond donors (Lipinski definition) is 3. The van der Waals surface area contributed by atoms with E-state index in [9.17, 15) is 9.59 Å². The molecule has 1 heterocycles. The first-order chi connectivity index (χ1) is 10.1. The molecule has 108 valence electrons. The van der Waals surface area contributed by atoms with Crippen LogP contribution in [0.3, 0.4) is 0 Å². The van der Waals surface area contributed by atoms with Gasteiger partial charge in [-0.25, -0.2) is 9.78 Å². The Balaban J connectivity index is 2.15. The number of anilines is 1. The van der Waals surface area contributed by atoms with Crippen molar-refractivity contribution >= 4 is 34.4 Å². The zero-order valence-electron chi connectivity index (χ0n) is 11.0. The maximum absolute atomic E-state index is 11.0. The Morgan fingerprint density at radius 2 is 1.86 bits per heavy atom. The summed E-state index contributed by atoms with van der Waals surface area (Å²) in [6, 6.07) is 11.0. The van der Waals surface area contributed by atoms with Gasteiger partial charge >= 0.3 is 11.9 Å². The lowest BCUT2D eigenvalue weighted by Gasteiger charge is -2.04. The third-order valence-corrected chi connectivity index (χ3v) is 2.73. The summed E-state index contributed by atoms with van der Waals surface area (Å²) in [5, 5.41) is 22.2. The van der Waals surface area contributed by atoms with Crippen molar-refractivity contribution in [3.8, 4) is 0 Å². The van der Waals surface area contributed by atoms with Gasteiger partial charge in [-0.15, -0.1) is 0 Å². The van der Waals surface area contributed by atoms with Gasteiger partial charge in [0.2, 0.25) is 0 Å². The molecule has 1 aromatic heterocycles. The van der Waals surface area contributed by atoms with E-state index in [2.05, 4.69) is 15.5 Å². The van der Waals surface area contributed by atoms with Crippen LogP contribution in [0.4, 0.5) is 5.82 Å². The molecule has 0 aliphatic rings. The van der Waals surface area contributed by atoms with Crippen molar-refractivity contribution in [3.05, 3.63) is 36.4 Å². The molecule has 2 rings (SSSR count). The van der Waals surface area contributed by atoms with Crippen LogP contribution in [0, 0.1) is 0 Å². The number of aliphatic carboxylic acids is 2. The molecule has 0 bridgehead atoms. The van der Waals surface area contributed by atoms with Gasteiger partial charge in [0.25, 0.3) is 0 Å². The van der Waals surface area contributed by atoms with Crippen molar-refractivity contribution < 1.29 is 19.8 Å². The summed E-state index contributed by atoms with van der Waals surface area (Å²) in [6.07, 6.45) is -0.455.